The predicted molar refractivity (Wildman–Crippen MR) is 96.9 cm³/mol. The zero-order valence-corrected chi connectivity index (χ0v) is 15.5. The van der Waals surface area contributed by atoms with Gasteiger partial charge < -0.3 is 9.64 Å². The molecule has 1 aromatic rings. The first-order chi connectivity index (χ1) is 12.6. The fourth-order valence-corrected chi connectivity index (χ4v) is 6.00. The predicted octanol–water partition coefficient (Wildman–Crippen LogP) is 3.19. The van der Waals surface area contributed by atoms with Gasteiger partial charge in [-0.05, 0) is 74.0 Å². The van der Waals surface area contributed by atoms with Crippen molar-refractivity contribution < 1.29 is 14.3 Å². The van der Waals surface area contributed by atoms with Crippen LogP contribution in [0.25, 0.3) is 0 Å². The number of nitrogens with zero attached hydrogens (tertiary/aromatic N) is 2. The minimum absolute atomic E-state index is 0.183. The Bertz CT molecular complexity index is 638. The normalized spacial score (nSPS) is 31.7. The highest BCUT2D eigenvalue weighted by molar-refractivity contribution is 5.84. The van der Waals surface area contributed by atoms with Crippen molar-refractivity contribution in [3.63, 3.8) is 0 Å². The summed E-state index contributed by atoms with van der Waals surface area (Å²) in [5, 5.41) is 0. The number of hydrogen-bond acceptors (Lipinski definition) is 4. The van der Waals surface area contributed by atoms with Crippen LogP contribution in [0.1, 0.15) is 50.5 Å². The number of esters is 1. The van der Waals surface area contributed by atoms with Crippen LogP contribution in [-0.4, -0.2) is 35.4 Å². The maximum Gasteiger partial charge on any atom is 0.307 e. The molecule has 4 aliphatic carbocycles. The molecule has 5 heteroatoms. The van der Waals surface area contributed by atoms with Gasteiger partial charge in [0.15, 0.2) is 0 Å². The van der Waals surface area contributed by atoms with E-state index in [4.69, 9.17) is 4.74 Å². The van der Waals surface area contributed by atoms with Crippen LogP contribution in [0.2, 0.25) is 0 Å². The Morgan fingerprint density at radius 2 is 1.69 bits per heavy atom. The molecule has 0 radical (unpaired) electrons. The van der Waals surface area contributed by atoms with E-state index >= 15 is 0 Å². The SMILES string of the molecule is COC(=O)CCN(Cc1ccncc1)C(=O)C12CC3CC(CC(C3)C1)C2. The van der Waals surface area contributed by atoms with Gasteiger partial charge in [-0.1, -0.05) is 0 Å². The topological polar surface area (TPSA) is 59.5 Å². The van der Waals surface area contributed by atoms with E-state index in [-0.39, 0.29) is 23.7 Å². The zero-order valence-electron chi connectivity index (χ0n) is 15.5. The minimum atomic E-state index is -0.261. The highest BCUT2D eigenvalue weighted by Crippen LogP contribution is 2.60. The summed E-state index contributed by atoms with van der Waals surface area (Å²) in [7, 11) is 1.40. The summed E-state index contributed by atoms with van der Waals surface area (Å²) < 4.78 is 4.79. The lowest BCUT2D eigenvalue weighted by Crippen LogP contribution is -2.54. The number of carbonyl (C=O) groups is 2. The van der Waals surface area contributed by atoms with Crippen molar-refractivity contribution in [1.29, 1.82) is 0 Å². The minimum Gasteiger partial charge on any atom is -0.469 e. The van der Waals surface area contributed by atoms with Gasteiger partial charge >= 0.3 is 5.97 Å². The first-order valence-corrected chi connectivity index (χ1v) is 9.83. The van der Waals surface area contributed by atoms with E-state index in [1.807, 2.05) is 17.0 Å². The van der Waals surface area contributed by atoms with E-state index in [1.165, 1.54) is 26.4 Å². The molecule has 5 nitrogen and oxygen atoms in total. The van der Waals surface area contributed by atoms with Gasteiger partial charge in [-0.15, -0.1) is 0 Å². The van der Waals surface area contributed by atoms with Gasteiger partial charge in [-0.2, -0.15) is 0 Å². The fraction of sp³-hybridized carbons (Fsp3) is 0.667. The lowest BCUT2D eigenvalue weighted by Gasteiger charge is -2.56. The lowest BCUT2D eigenvalue weighted by atomic mass is 9.49. The summed E-state index contributed by atoms with van der Waals surface area (Å²) in [5.74, 6) is 2.19. The van der Waals surface area contributed by atoms with Gasteiger partial charge in [0.1, 0.15) is 0 Å². The second-order valence-electron chi connectivity index (χ2n) is 8.61. The molecule has 0 aromatic carbocycles. The molecule has 5 rings (SSSR count). The van der Waals surface area contributed by atoms with Crippen LogP contribution in [0.4, 0.5) is 0 Å². The fourth-order valence-electron chi connectivity index (χ4n) is 6.00. The van der Waals surface area contributed by atoms with Crippen molar-refractivity contribution in [2.24, 2.45) is 23.2 Å². The Hall–Kier alpha value is -1.91. The van der Waals surface area contributed by atoms with Gasteiger partial charge in [0.05, 0.1) is 18.9 Å². The number of hydrogen-bond donors (Lipinski definition) is 0. The van der Waals surface area contributed by atoms with E-state index in [2.05, 4.69) is 4.98 Å². The molecule has 0 atom stereocenters. The van der Waals surface area contributed by atoms with Gasteiger partial charge in [0, 0.05) is 25.5 Å². The largest absolute Gasteiger partial charge is 0.469 e. The molecule has 4 aliphatic rings. The first-order valence-electron chi connectivity index (χ1n) is 9.83. The molecule has 26 heavy (non-hydrogen) atoms. The van der Waals surface area contributed by atoms with E-state index in [1.54, 1.807) is 12.4 Å². The highest BCUT2D eigenvalue weighted by atomic mass is 16.5. The van der Waals surface area contributed by atoms with Crippen molar-refractivity contribution >= 4 is 11.9 Å². The maximum absolute atomic E-state index is 13.7. The molecular weight excluding hydrogens is 328 g/mol. The van der Waals surface area contributed by atoms with E-state index in [9.17, 15) is 9.59 Å². The molecule has 0 saturated heterocycles. The second kappa shape index (κ2) is 7.01. The molecule has 4 saturated carbocycles. The maximum atomic E-state index is 13.7. The third-order valence-corrected chi connectivity index (χ3v) is 6.72. The monoisotopic (exact) mass is 356 g/mol. The molecule has 0 aliphatic heterocycles. The summed E-state index contributed by atoms with van der Waals surface area (Å²) >= 11 is 0. The van der Waals surface area contributed by atoms with E-state index in [0.29, 0.717) is 13.1 Å². The van der Waals surface area contributed by atoms with Gasteiger partial charge in [0.2, 0.25) is 5.91 Å². The third kappa shape index (κ3) is 3.36. The Morgan fingerprint density at radius 1 is 1.12 bits per heavy atom. The second-order valence-corrected chi connectivity index (χ2v) is 8.61. The average molecular weight is 356 g/mol. The van der Waals surface area contributed by atoms with Crippen LogP contribution in [0, 0.1) is 23.2 Å². The Morgan fingerprint density at radius 3 is 2.23 bits per heavy atom. The molecule has 1 aromatic heterocycles. The summed E-state index contributed by atoms with van der Waals surface area (Å²) in [6.07, 6.45) is 10.8. The number of rotatable bonds is 6. The van der Waals surface area contributed by atoms with Crippen LogP contribution in [0.15, 0.2) is 24.5 Å². The van der Waals surface area contributed by atoms with E-state index in [0.717, 1.165) is 42.6 Å². The Labute approximate surface area is 155 Å². The molecule has 0 unspecified atom stereocenters. The Balaban J connectivity index is 1.54. The number of methoxy groups -OCH3 is 1. The van der Waals surface area contributed by atoms with Crippen LogP contribution in [0.3, 0.4) is 0 Å². The molecule has 1 amide bonds. The number of aromatic nitrogens is 1. The smallest absolute Gasteiger partial charge is 0.307 e. The summed E-state index contributed by atoms with van der Waals surface area (Å²) in [4.78, 5) is 31.3. The third-order valence-electron chi connectivity index (χ3n) is 6.72. The quantitative estimate of drug-likeness (QED) is 0.735. The van der Waals surface area contributed by atoms with Crippen molar-refractivity contribution in [3.8, 4) is 0 Å². The number of ether oxygens (including phenoxy) is 1. The molecule has 4 bridgehead atoms. The summed E-state index contributed by atoms with van der Waals surface area (Å²) in [5.41, 5.74) is 0.876. The molecule has 1 heterocycles. The molecule has 4 fully saturated rings. The molecule has 0 spiro atoms. The van der Waals surface area contributed by atoms with Crippen molar-refractivity contribution in [2.45, 2.75) is 51.5 Å². The van der Waals surface area contributed by atoms with Crippen LogP contribution in [-0.2, 0) is 20.9 Å². The average Bonchev–Trinajstić information content (AvgIpc) is 2.64. The number of carbonyl (C=O) groups excluding carboxylic acids is 2. The van der Waals surface area contributed by atoms with E-state index < -0.39 is 0 Å². The van der Waals surface area contributed by atoms with Gasteiger partial charge in [-0.3, -0.25) is 14.6 Å². The van der Waals surface area contributed by atoms with Crippen LogP contribution in [0.5, 0.6) is 0 Å². The summed E-state index contributed by atoms with van der Waals surface area (Å²) in [6, 6.07) is 3.89. The standard InChI is InChI=1S/C21H28N2O3/c1-26-19(24)4-7-23(14-15-2-5-22-6-3-15)20(25)21-11-16-8-17(12-21)10-18(9-16)13-21/h2-3,5-6,16-18H,4,7-14H2,1H3. The lowest BCUT2D eigenvalue weighted by molar-refractivity contribution is -0.159. The van der Waals surface area contributed by atoms with Crippen molar-refractivity contribution in [3.05, 3.63) is 30.1 Å². The number of pyridine rings is 1. The molecule has 140 valence electrons. The Kier molecular flexibility index (Phi) is 4.72. The van der Waals surface area contributed by atoms with Crippen LogP contribution < -0.4 is 0 Å². The van der Waals surface area contributed by atoms with Gasteiger partial charge in [0.25, 0.3) is 0 Å². The zero-order chi connectivity index (χ0) is 18.1. The summed E-state index contributed by atoms with van der Waals surface area (Å²) in [6.45, 7) is 0.968. The molecular formula is C21H28N2O3. The highest BCUT2D eigenvalue weighted by Gasteiger charge is 2.55. The van der Waals surface area contributed by atoms with Gasteiger partial charge in [-0.25, -0.2) is 0 Å². The van der Waals surface area contributed by atoms with Crippen molar-refractivity contribution in [2.75, 3.05) is 13.7 Å². The first kappa shape index (κ1) is 17.5. The number of amides is 1. The van der Waals surface area contributed by atoms with Crippen molar-refractivity contribution in [1.82, 2.24) is 9.88 Å². The van der Waals surface area contributed by atoms with Crippen LogP contribution >= 0.6 is 0 Å². The molecule has 0 N–H and O–H groups in total.